The average molecular weight is 323 g/mol. The van der Waals surface area contributed by atoms with E-state index in [2.05, 4.69) is 0 Å². The Morgan fingerprint density at radius 1 is 1.11 bits per heavy atom. The summed E-state index contributed by atoms with van der Waals surface area (Å²) in [4.78, 5) is 0.971. The molecule has 1 heterocycles. The lowest BCUT2D eigenvalue weighted by Gasteiger charge is -2.16. The smallest absolute Gasteiger partial charge is 0.145 e. The number of ether oxygens (including phenoxy) is 1. The topological polar surface area (TPSA) is 35.2 Å². The largest absolute Gasteiger partial charge is 0.483 e. The van der Waals surface area contributed by atoms with Crippen LogP contribution in [0, 0.1) is 0 Å². The number of hydrogen-bond donors (Lipinski definition) is 1. The van der Waals surface area contributed by atoms with Gasteiger partial charge in [0.05, 0.1) is 4.34 Å². The first-order valence-corrected chi connectivity index (χ1v) is 7.11. The van der Waals surface area contributed by atoms with Gasteiger partial charge in [-0.3, -0.25) is 0 Å². The Morgan fingerprint density at radius 3 is 2.28 bits per heavy atom. The number of thiophene rings is 1. The maximum Gasteiger partial charge on any atom is 0.145 e. The monoisotopic (exact) mass is 321 g/mol. The Kier molecular flexibility index (Phi) is 4.76. The molecule has 0 radical (unpaired) electrons. The first-order valence-electron chi connectivity index (χ1n) is 5.16. The Bertz CT molecular complexity index is 524. The highest BCUT2D eigenvalue weighted by atomic mass is 35.5. The van der Waals surface area contributed by atoms with E-state index in [1.165, 1.54) is 11.3 Å². The molecule has 2 rings (SSSR count). The van der Waals surface area contributed by atoms with Crippen molar-refractivity contribution in [3.63, 3.8) is 0 Å². The van der Waals surface area contributed by atoms with E-state index in [1.807, 2.05) is 12.1 Å². The van der Waals surface area contributed by atoms with Crippen molar-refractivity contribution >= 4 is 46.1 Å². The number of rotatable bonds is 4. The van der Waals surface area contributed by atoms with Crippen LogP contribution in [0.3, 0.4) is 0 Å². The van der Waals surface area contributed by atoms with Gasteiger partial charge < -0.3 is 10.5 Å². The Hall–Kier alpha value is -0.450. The zero-order valence-corrected chi connectivity index (χ0v) is 12.3. The maximum absolute atomic E-state index is 5.91. The van der Waals surface area contributed by atoms with Crippen molar-refractivity contribution in [2.75, 3.05) is 6.54 Å². The van der Waals surface area contributed by atoms with Crippen LogP contribution in [0.5, 0.6) is 5.75 Å². The molecule has 0 aliphatic carbocycles. The third-order valence-electron chi connectivity index (χ3n) is 2.24. The van der Waals surface area contributed by atoms with Crippen LogP contribution in [0.15, 0.2) is 30.3 Å². The zero-order chi connectivity index (χ0) is 13.1. The van der Waals surface area contributed by atoms with Crippen molar-refractivity contribution in [2.45, 2.75) is 6.10 Å². The highest BCUT2D eigenvalue weighted by Crippen LogP contribution is 2.32. The molecule has 0 aliphatic rings. The highest BCUT2D eigenvalue weighted by Gasteiger charge is 2.14. The van der Waals surface area contributed by atoms with Gasteiger partial charge in [-0.05, 0) is 30.3 Å². The fraction of sp³-hybridized carbons (Fsp3) is 0.167. The Balaban J connectivity index is 2.20. The second kappa shape index (κ2) is 6.13. The van der Waals surface area contributed by atoms with E-state index in [-0.39, 0.29) is 6.10 Å². The van der Waals surface area contributed by atoms with Crippen LogP contribution in [0.1, 0.15) is 11.0 Å². The molecule has 0 aliphatic heterocycles. The molecule has 1 unspecified atom stereocenters. The minimum absolute atomic E-state index is 0.253. The summed E-state index contributed by atoms with van der Waals surface area (Å²) >= 11 is 19.2. The molecule has 2 nitrogen and oxygen atoms in total. The Morgan fingerprint density at radius 2 is 1.78 bits per heavy atom. The summed E-state index contributed by atoms with van der Waals surface area (Å²) in [5, 5.41) is 1.05. The summed E-state index contributed by atoms with van der Waals surface area (Å²) in [5.41, 5.74) is 5.71. The summed E-state index contributed by atoms with van der Waals surface area (Å²) in [5.74, 6) is 0.590. The molecule has 1 atom stereocenters. The fourth-order valence-electron chi connectivity index (χ4n) is 1.48. The minimum Gasteiger partial charge on any atom is -0.483 e. The van der Waals surface area contributed by atoms with Gasteiger partial charge in [-0.25, -0.2) is 0 Å². The van der Waals surface area contributed by atoms with Gasteiger partial charge >= 0.3 is 0 Å². The van der Waals surface area contributed by atoms with Gasteiger partial charge in [0.2, 0.25) is 0 Å². The van der Waals surface area contributed by atoms with Crippen molar-refractivity contribution < 1.29 is 4.74 Å². The molecule has 0 bridgehead atoms. The zero-order valence-electron chi connectivity index (χ0n) is 9.20. The van der Waals surface area contributed by atoms with Gasteiger partial charge in [0.25, 0.3) is 0 Å². The molecule has 1 aromatic carbocycles. The number of benzene rings is 1. The third-order valence-corrected chi connectivity index (χ3v) is 4.00. The van der Waals surface area contributed by atoms with Crippen LogP contribution >= 0.6 is 46.1 Å². The quantitative estimate of drug-likeness (QED) is 0.878. The van der Waals surface area contributed by atoms with Crippen LogP contribution in [-0.2, 0) is 0 Å². The van der Waals surface area contributed by atoms with E-state index >= 15 is 0 Å². The van der Waals surface area contributed by atoms with E-state index < -0.39 is 0 Å². The first-order chi connectivity index (χ1) is 8.58. The lowest BCUT2D eigenvalue weighted by Crippen LogP contribution is -2.17. The lowest BCUT2D eigenvalue weighted by molar-refractivity contribution is 0.218. The molecule has 96 valence electrons. The predicted molar refractivity (Wildman–Crippen MR) is 78.2 cm³/mol. The molecule has 0 fully saturated rings. The SMILES string of the molecule is NCC(Oc1cc(Cl)cc(Cl)c1)c1ccc(Cl)s1. The molecular weight excluding hydrogens is 313 g/mol. The average Bonchev–Trinajstić information content (AvgIpc) is 2.71. The van der Waals surface area contributed by atoms with E-state index in [4.69, 9.17) is 45.3 Å². The second-order valence-electron chi connectivity index (χ2n) is 3.59. The molecule has 6 heteroatoms. The molecule has 0 spiro atoms. The van der Waals surface area contributed by atoms with Crippen LogP contribution < -0.4 is 10.5 Å². The van der Waals surface area contributed by atoms with E-state index in [9.17, 15) is 0 Å². The van der Waals surface area contributed by atoms with Gasteiger partial charge in [-0.15, -0.1) is 11.3 Å². The second-order valence-corrected chi connectivity index (χ2v) is 6.21. The molecule has 0 saturated carbocycles. The van der Waals surface area contributed by atoms with E-state index in [1.54, 1.807) is 18.2 Å². The van der Waals surface area contributed by atoms with E-state index in [0.29, 0.717) is 26.7 Å². The molecular formula is C12H10Cl3NOS. The Labute approximate surface area is 124 Å². The van der Waals surface area contributed by atoms with E-state index in [0.717, 1.165) is 4.88 Å². The lowest BCUT2D eigenvalue weighted by atomic mass is 10.3. The maximum atomic E-state index is 5.91. The molecule has 1 aromatic heterocycles. The molecule has 0 saturated heterocycles. The third kappa shape index (κ3) is 3.53. The number of hydrogen-bond acceptors (Lipinski definition) is 3. The van der Waals surface area contributed by atoms with Crippen molar-refractivity contribution in [3.8, 4) is 5.75 Å². The summed E-state index contributed by atoms with van der Waals surface area (Å²) in [6, 6.07) is 8.77. The van der Waals surface area contributed by atoms with Crippen molar-refractivity contribution in [1.29, 1.82) is 0 Å². The predicted octanol–water partition coefficient (Wildman–Crippen LogP) is 4.79. The van der Waals surface area contributed by atoms with Crippen LogP contribution in [0.2, 0.25) is 14.4 Å². The summed E-state index contributed by atoms with van der Waals surface area (Å²) < 4.78 is 6.49. The summed E-state index contributed by atoms with van der Waals surface area (Å²) in [7, 11) is 0. The van der Waals surface area contributed by atoms with Crippen LogP contribution in [0.4, 0.5) is 0 Å². The molecule has 2 aromatic rings. The molecule has 0 amide bonds. The normalized spacial score (nSPS) is 12.4. The summed E-state index contributed by atoms with van der Waals surface area (Å²) in [6.45, 7) is 0.348. The summed E-state index contributed by atoms with van der Waals surface area (Å²) in [6.07, 6.45) is -0.253. The van der Waals surface area contributed by atoms with Gasteiger partial charge in [0.1, 0.15) is 11.9 Å². The molecule has 18 heavy (non-hydrogen) atoms. The van der Waals surface area contributed by atoms with Gasteiger partial charge in [-0.1, -0.05) is 34.8 Å². The molecule has 2 N–H and O–H groups in total. The van der Waals surface area contributed by atoms with Gasteiger partial charge in [-0.2, -0.15) is 0 Å². The van der Waals surface area contributed by atoms with Crippen LogP contribution in [-0.4, -0.2) is 6.54 Å². The number of halogens is 3. The highest BCUT2D eigenvalue weighted by molar-refractivity contribution is 7.16. The standard InChI is InChI=1S/C12H10Cl3NOS/c13-7-3-8(14)5-9(4-7)17-10(6-16)11-1-2-12(15)18-11/h1-5,10H,6,16H2. The van der Waals surface area contributed by atoms with Crippen molar-refractivity contribution in [1.82, 2.24) is 0 Å². The van der Waals surface area contributed by atoms with Crippen molar-refractivity contribution in [2.24, 2.45) is 5.73 Å². The number of nitrogens with two attached hydrogens (primary N) is 1. The van der Waals surface area contributed by atoms with Gasteiger partial charge in [0, 0.05) is 21.5 Å². The van der Waals surface area contributed by atoms with Gasteiger partial charge in [0.15, 0.2) is 0 Å². The van der Waals surface area contributed by atoms with Crippen LogP contribution in [0.25, 0.3) is 0 Å². The minimum atomic E-state index is -0.253. The first kappa shape index (κ1) is 14.0. The van der Waals surface area contributed by atoms with Crippen molar-refractivity contribution in [3.05, 3.63) is 49.6 Å². The fourth-order valence-corrected chi connectivity index (χ4v) is 3.09.